The fourth-order valence-corrected chi connectivity index (χ4v) is 2.70. The molecule has 0 radical (unpaired) electrons. The maximum Gasteiger partial charge on any atom is 0.254 e. The number of nitrogens with zero attached hydrogens (tertiary/aromatic N) is 1. The summed E-state index contributed by atoms with van der Waals surface area (Å²) in [4.78, 5) is 14.5. The quantitative estimate of drug-likeness (QED) is 0.838. The van der Waals surface area contributed by atoms with Crippen molar-refractivity contribution < 1.29 is 9.90 Å². The van der Waals surface area contributed by atoms with E-state index in [1.54, 1.807) is 0 Å². The lowest BCUT2D eigenvalue weighted by Gasteiger charge is -2.21. The molecule has 1 N–H and O–H groups in total. The first kappa shape index (κ1) is 14.6. The van der Waals surface area contributed by atoms with E-state index in [0.29, 0.717) is 23.9 Å². The van der Waals surface area contributed by atoms with Gasteiger partial charge in [-0.15, -0.1) is 0 Å². The van der Waals surface area contributed by atoms with Gasteiger partial charge in [-0.1, -0.05) is 24.8 Å². The first-order chi connectivity index (χ1) is 9.61. The van der Waals surface area contributed by atoms with Crippen LogP contribution in [0.3, 0.4) is 0 Å². The zero-order valence-corrected chi connectivity index (χ0v) is 12.1. The molecule has 1 aliphatic rings. The van der Waals surface area contributed by atoms with Crippen LogP contribution in [0.4, 0.5) is 0 Å². The number of benzene rings is 1. The number of amides is 1. The first-order valence-corrected chi connectivity index (χ1v) is 7.12. The van der Waals surface area contributed by atoms with E-state index in [4.69, 9.17) is 5.11 Å². The average molecular weight is 271 g/mol. The Bertz CT molecular complexity index is 541. The third-order valence-electron chi connectivity index (χ3n) is 3.62. The van der Waals surface area contributed by atoms with Gasteiger partial charge in [0, 0.05) is 30.1 Å². The van der Waals surface area contributed by atoms with Gasteiger partial charge in [-0.2, -0.15) is 0 Å². The third kappa shape index (κ3) is 3.40. The zero-order valence-electron chi connectivity index (χ0n) is 12.1. The minimum atomic E-state index is 0.0643. The van der Waals surface area contributed by atoms with Gasteiger partial charge in [0.2, 0.25) is 0 Å². The Morgan fingerprint density at radius 2 is 2.25 bits per heavy atom. The number of aliphatic hydroxyl groups is 1. The van der Waals surface area contributed by atoms with Gasteiger partial charge in [-0.25, -0.2) is 0 Å². The molecule has 1 amide bonds. The molecule has 2 unspecified atom stereocenters. The van der Waals surface area contributed by atoms with Crippen molar-refractivity contribution in [3.8, 4) is 11.8 Å². The van der Waals surface area contributed by atoms with Crippen LogP contribution in [0.25, 0.3) is 0 Å². The van der Waals surface area contributed by atoms with Crippen LogP contribution >= 0.6 is 0 Å². The second-order valence-corrected chi connectivity index (χ2v) is 5.50. The molecule has 1 saturated heterocycles. The minimum Gasteiger partial charge on any atom is -0.395 e. The molecule has 106 valence electrons. The van der Waals surface area contributed by atoms with Gasteiger partial charge in [-0.3, -0.25) is 4.79 Å². The van der Waals surface area contributed by atoms with Gasteiger partial charge in [-0.05, 0) is 37.5 Å². The van der Waals surface area contributed by atoms with E-state index in [1.807, 2.05) is 29.2 Å². The van der Waals surface area contributed by atoms with E-state index in [1.165, 1.54) is 0 Å². The van der Waals surface area contributed by atoms with E-state index in [0.717, 1.165) is 18.5 Å². The van der Waals surface area contributed by atoms with Gasteiger partial charge in [0.25, 0.3) is 5.91 Å². The van der Waals surface area contributed by atoms with Crippen molar-refractivity contribution in [2.24, 2.45) is 5.92 Å². The monoisotopic (exact) mass is 271 g/mol. The molecule has 1 aromatic rings. The van der Waals surface area contributed by atoms with Crippen molar-refractivity contribution in [1.82, 2.24) is 4.90 Å². The molecular weight excluding hydrogens is 250 g/mol. The molecule has 1 heterocycles. The summed E-state index contributed by atoms with van der Waals surface area (Å²) in [5, 5.41) is 8.72. The molecule has 0 bridgehead atoms. The highest BCUT2D eigenvalue weighted by Crippen LogP contribution is 2.24. The Morgan fingerprint density at radius 1 is 1.45 bits per heavy atom. The van der Waals surface area contributed by atoms with Crippen molar-refractivity contribution in [1.29, 1.82) is 0 Å². The van der Waals surface area contributed by atoms with Crippen molar-refractivity contribution in [2.75, 3.05) is 13.2 Å². The smallest absolute Gasteiger partial charge is 0.254 e. The maximum absolute atomic E-state index is 12.5. The van der Waals surface area contributed by atoms with Crippen molar-refractivity contribution >= 4 is 5.91 Å². The van der Waals surface area contributed by atoms with E-state index < -0.39 is 0 Å². The molecule has 20 heavy (non-hydrogen) atoms. The number of hydrogen-bond donors (Lipinski definition) is 1. The number of carbonyl (C=O) groups is 1. The van der Waals surface area contributed by atoms with Crippen LogP contribution in [0, 0.1) is 17.8 Å². The van der Waals surface area contributed by atoms with Crippen LogP contribution in [0.2, 0.25) is 0 Å². The topological polar surface area (TPSA) is 40.5 Å². The Labute approximate surface area is 120 Å². The molecule has 0 aromatic heterocycles. The summed E-state index contributed by atoms with van der Waals surface area (Å²) in [6.45, 7) is 5.18. The highest BCUT2D eigenvalue weighted by molar-refractivity contribution is 5.95. The molecule has 1 aliphatic heterocycles. The highest BCUT2D eigenvalue weighted by atomic mass is 16.2. The number of hydrogen-bond acceptors (Lipinski definition) is 2. The highest BCUT2D eigenvalue weighted by Gasteiger charge is 2.30. The zero-order chi connectivity index (χ0) is 14.5. The van der Waals surface area contributed by atoms with Crippen LogP contribution in [0.1, 0.15) is 42.6 Å². The fraction of sp³-hybridized carbons (Fsp3) is 0.471. The average Bonchev–Trinajstić information content (AvgIpc) is 2.77. The Hall–Kier alpha value is -1.79. The summed E-state index contributed by atoms with van der Waals surface area (Å²) in [6.07, 6.45) is 1.53. The van der Waals surface area contributed by atoms with Gasteiger partial charge in [0.15, 0.2) is 0 Å². The normalized spacial score (nSPS) is 21.4. The van der Waals surface area contributed by atoms with Crippen molar-refractivity contribution in [2.45, 2.75) is 32.7 Å². The first-order valence-electron chi connectivity index (χ1n) is 7.12. The molecule has 0 aliphatic carbocycles. The van der Waals surface area contributed by atoms with Crippen molar-refractivity contribution in [3.05, 3.63) is 35.4 Å². The second-order valence-electron chi connectivity index (χ2n) is 5.50. The van der Waals surface area contributed by atoms with Crippen LogP contribution in [0.5, 0.6) is 0 Å². The van der Waals surface area contributed by atoms with Gasteiger partial charge in [0.05, 0.1) is 6.61 Å². The van der Waals surface area contributed by atoms with Gasteiger partial charge in [0.1, 0.15) is 0 Å². The van der Waals surface area contributed by atoms with Gasteiger partial charge < -0.3 is 10.0 Å². The second kappa shape index (κ2) is 6.58. The number of likely N-dealkylation sites (tertiary alicyclic amines) is 1. The summed E-state index contributed by atoms with van der Waals surface area (Å²) >= 11 is 0. The molecule has 3 heteroatoms. The van der Waals surface area contributed by atoms with E-state index in [2.05, 4.69) is 25.7 Å². The van der Waals surface area contributed by atoms with Crippen LogP contribution in [0.15, 0.2) is 24.3 Å². The Balaban J connectivity index is 2.15. The maximum atomic E-state index is 12.5. The predicted molar refractivity (Wildman–Crippen MR) is 79.3 cm³/mol. The molecule has 0 saturated carbocycles. The summed E-state index contributed by atoms with van der Waals surface area (Å²) in [6, 6.07) is 7.73. The number of aliphatic hydroxyl groups excluding tert-OH is 1. The largest absolute Gasteiger partial charge is 0.395 e. The molecule has 1 fully saturated rings. The fourth-order valence-electron chi connectivity index (χ4n) is 2.70. The molecule has 2 rings (SSSR count). The van der Waals surface area contributed by atoms with Crippen LogP contribution in [-0.4, -0.2) is 35.1 Å². The Kier molecular flexibility index (Phi) is 4.81. The molecule has 1 aromatic carbocycles. The van der Waals surface area contributed by atoms with E-state index >= 15 is 0 Å². The summed E-state index contributed by atoms with van der Waals surface area (Å²) in [7, 11) is 0. The minimum absolute atomic E-state index is 0.0643. The summed E-state index contributed by atoms with van der Waals surface area (Å²) in [5.74, 6) is 6.51. The van der Waals surface area contributed by atoms with Crippen molar-refractivity contribution in [3.63, 3.8) is 0 Å². The van der Waals surface area contributed by atoms with E-state index in [9.17, 15) is 4.79 Å². The predicted octanol–water partition coefficient (Wildman–Crippen LogP) is 2.29. The summed E-state index contributed by atoms with van der Waals surface area (Å²) < 4.78 is 0. The lowest BCUT2D eigenvalue weighted by atomic mass is 10.1. The third-order valence-corrected chi connectivity index (χ3v) is 3.62. The molecule has 2 atom stereocenters. The number of carbonyl (C=O) groups excluding carboxylic acids is 1. The number of rotatable bonds is 2. The lowest BCUT2D eigenvalue weighted by molar-refractivity contribution is 0.0743. The standard InChI is InChI=1S/C17H21NO2/c1-13-10-14(2)18(12-13)17(20)16-8-5-7-15(11-16)6-3-4-9-19/h5,7-8,11,13-14,19H,4,9-10,12H2,1-2H3. The van der Waals surface area contributed by atoms with Gasteiger partial charge >= 0.3 is 0 Å². The lowest BCUT2D eigenvalue weighted by Crippen LogP contribution is -2.33. The van der Waals surface area contributed by atoms with Crippen LogP contribution in [-0.2, 0) is 0 Å². The summed E-state index contributed by atoms with van der Waals surface area (Å²) in [5.41, 5.74) is 1.52. The molecule has 3 nitrogen and oxygen atoms in total. The van der Waals surface area contributed by atoms with E-state index in [-0.39, 0.29) is 12.5 Å². The molecular formula is C17H21NO2. The molecule has 0 spiro atoms. The SMILES string of the molecule is CC1CC(C)N(C(=O)c2cccc(C#CCCO)c2)C1. The van der Waals surface area contributed by atoms with Crippen LogP contribution < -0.4 is 0 Å². The Morgan fingerprint density at radius 3 is 2.90 bits per heavy atom.